The lowest BCUT2D eigenvalue weighted by atomic mass is 10.1. The molecule has 0 aromatic heterocycles. The molecule has 0 atom stereocenters. The van der Waals surface area contributed by atoms with E-state index in [1.165, 1.54) is 0 Å². The van der Waals surface area contributed by atoms with Crippen LogP contribution in [0, 0.1) is 0 Å². The third kappa shape index (κ3) is 6.05. The van der Waals surface area contributed by atoms with E-state index in [9.17, 15) is 22.8 Å². The van der Waals surface area contributed by atoms with Crippen LogP contribution in [-0.4, -0.2) is 31.1 Å². The molecular weight excluding hydrogens is 341 g/mol. The Kier molecular flexibility index (Phi) is 6.00. The van der Waals surface area contributed by atoms with Crippen LogP contribution in [0.25, 0.3) is 0 Å². The number of carbonyl (C=O) groups is 2. The van der Waals surface area contributed by atoms with Crippen LogP contribution in [0.4, 0.5) is 13.2 Å². The van der Waals surface area contributed by atoms with Crippen LogP contribution in [0.2, 0.25) is 0 Å². The molecule has 0 saturated carbocycles. The molecule has 8 heteroatoms. The number of benzene rings is 1. The Labute approximate surface area is 121 Å². The van der Waals surface area contributed by atoms with Crippen LogP contribution in [0.1, 0.15) is 5.56 Å². The summed E-state index contributed by atoms with van der Waals surface area (Å²) >= 11 is 3.26. The molecule has 0 aliphatic carbocycles. The van der Waals surface area contributed by atoms with E-state index >= 15 is 0 Å². The molecule has 0 fully saturated rings. The summed E-state index contributed by atoms with van der Waals surface area (Å²) < 4.78 is 36.4. The quantitative estimate of drug-likeness (QED) is 0.793. The molecule has 0 radical (unpaired) electrons. The summed E-state index contributed by atoms with van der Waals surface area (Å²) in [6, 6.07) is 7.09. The second kappa shape index (κ2) is 7.28. The van der Waals surface area contributed by atoms with E-state index in [1.807, 2.05) is 0 Å². The zero-order valence-corrected chi connectivity index (χ0v) is 11.8. The first-order valence-electron chi connectivity index (χ1n) is 5.65. The summed E-state index contributed by atoms with van der Waals surface area (Å²) in [5, 5.41) is 4.08. The minimum Gasteiger partial charge on any atom is -0.354 e. The van der Waals surface area contributed by atoms with Crippen molar-refractivity contribution >= 4 is 27.7 Å². The zero-order chi connectivity index (χ0) is 15.2. The van der Waals surface area contributed by atoms with Gasteiger partial charge in [0.05, 0.1) is 6.42 Å². The van der Waals surface area contributed by atoms with Gasteiger partial charge in [-0.3, -0.25) is 9.59 Å². The van der Waals surface area contributed by atoms with Gasteiger partial charge < -0.3 is 10.6 Å². The van der Waals surface area contributed by atoms with Gasteiger partial charge in [-0.15, -0.1) is 0 Å². The molecule has 0 bridgehead atoms. The first-order valence-corrected chi connectivity index (χ1v) is 6.44. The number of nitrogens with one attached hydrogen (secondary N) is 2. The molecule has 4 nitrogen and oxygen atoms in total. The zero-order valence-electron chi connectivity index (χ0n) is 10.3. The lowest BCUT2D eigenvalue weighted by Gasteiger charge is -2.09. The third-order valence-electron chi connectivity index (χ3n) is 2.27. The minimum absolute atomic E-state index is 0.0584. The number of carbonyl (C=O) groups excluding carboxylic acids is 2. The Morgan fingerprint density at radius 2 is 1.60 bits per heavy atom. The van der Waals surface area contributed by atoms with E-state index in [2.05, 4.69) is 21.2 Å². The van der Waals surface area contributed by atoms with Crippen molar-refractivity contribution in [1.29, 1.82) is 0 Å². The molecule has 0 saturated heterocycles. The highest BCUT2D eigenvalue weighted by atomic mass is 79.9. The summed E-state index contributed by atoms with van der Waals surface area (Å²) in [5.41, 5.74) is 0.782. The normalized spacial score (nSPS) is 11.0. The first kappa shape index (κ1) is 16.5. The van der Waals surface area contributed by atoms with Gasteiger partial charge in [-0.2, -0.15) is 13.2 Å². The highest BCUT2D eigenvalue weighted by molar-refractivity contribution is 9.10. The SMILES string of the molecule is O=C(Cc1ccc(Br)cc1)NCCNC(=O)C(F)(F)F. The van der Waals surface area contributed by atoms with Crippen molar-refractivity contribution in [2.45, 2.75) is 12.6 Å². The van der Waals surface area contributed by atoms with E-state index < -0.39 is 12.1 Å². The van der Waals surface area contributed by atoms with E-state index in [4.69, 9.17) is 0 Å². The van der Waals surface area contributed by atoms with Gasteiger partial charge >= 0.3 is 12.1 Å². The van der Waals surface area contributed by atoms with Crippen molar-refractivity contribution < 1.29 is 22.8 Å². The van der Waals surface area contributed by atoms with Gasteiger partial charge in [0.25, 0.3) is 0 Å². The molecule has 1 rings (SSSR count). The maximum atomic E-state index is 11.9. The molecule has 2 amide bonds. The lowest BCUT2D eigenvalue weighted by molar-refractivity contribution is -0.173. The van der Waals surface area contributed by atoms with Gasteiger partial charge in [-0.05, 0) is 17.7 Å². The third-order valence-corrected chi connectivity index (χ3v) is 2.80. The average molecular weight is 353 g/mol. The number of amides is 2. The van der Waals surface area contributed by atoms with Crippen molar-refractivity contribution in [1.82, 2.24) is 10.6 Å². The van der Waals surface area contributed by atoms with Crippen molar-refractivity contribution in [2.24, 2.45) is 0 Å². The van der Waals surface area contributed by atoms with Crippen LogP contribution < -0.4 is 10.6 Å². The smallest absolute Gasteiger partial charge is 0.354 e. The standard InChI is InChI=1S/C12H12BrF3N2O2/c13-9-3-1-8(2-4-9)7-10(19)17-5-6-18-11(20)12(14,15)16/h1-4H,5-7H2,(H,17,19)(H,18,20). The highest BCUT2D eigenvalue weighted by Gasteiger charge is 2.38. The number of hydrogen-bond acceptors (Lipinski definition) is 2. The lowest BCUT2D eigenvalue weighted by Crippen LogP contribution is -2.41. The average Bonchev–Trinajstić information content (AvgIpc) is 2.36. The fraction of sp³-hybridized carbons (Fsp3) is 0.333. The van der Waals surface area contributed by atoms with Crippen LogP contribution in [0.15, 0.2) is 28.7 Å². The molecule has 2 N–H and O–H groups in total. The van der Waals surface area contributed by atoms with Crippen LogP contribution in [0.5, 0.6) is 0 Å². The van der Waals surface area contributed by atoms with Crippen molar-refractivity contribution in [2.75, 3.05) is 13.1 Å². The second-order valence-electron chi connectivity index (χ2n) is 3.91. The van der Waals surface area contributed by atoms with Crippen molar-refractivity contribution in [3.63, 3.8) is 0 Å². The maximum Gasteiger partial charge on any atom is 0.471 e. The molecule has 0 heterocycles. The Bertz CT molecular complexity index is 475. The molecule has 0 unspecified atom stereocenters. The predicted molar refractivity (Wildman–Crippen MR) is 69.9 cm³/mol. The number of rotatable bonds is 5. The second-order valence-corrected chi connectivity index (χ2v) is 4.82. The molecular formula is C12H12BrF3N2O2. The Balaban J connectivity index is 2.24. The fourth-order valence-electron chi connectivity index (χ4n) is 1.33. The van der Waals surface area contributed by atoms with Crippen molar-refractivity contribution in [3.8, 4) is 0 Å². The summed E-state index contributed by atoms with van der Waals surface area (Å²) in [4.78, 5) is 22.0. The minimum atomic E-state index is -4.90. The van der Waals surface area contributed by atoms with Crippen LogP contribution >= 0.6 is 15.9 Å². The van der Waals surface area contributed by atoms with Gasteiger partial charge in [0.2, 0.25) is 5.91 Å². The molecule has 1 aromatic carbocycles. The monoisotopic (exact) mass is 352 g/mol. The largest absolute Gasteiger partial charge is 0.471 e. The Morgan fingerprint density at radius 1 is 1.05 bits per heavy atom. The van der Waals surface area contributed by atoms with Gasteiger partial charge in [0, 0.05) is 17.6 Å². The fourth-order valence-corrected chi connectivity index (χ4v) is 1.59. The van der Waals surface area contributed by atoms with Gasteiger partial charge in [0.1, 0.15) is 0 Å². The molecule has 20 heavy (non-hydrogen) atoms. The first-order chi connectivity index (χ1) is 9.29. The summed E-state index contributed by atoms with van der Waals surface area (Å²) in [6.07, 6.45) is -4.78. The summed E-state index contributed by atoms with van der Waals surface area (Å²) in [7, 11) is 0. The van der Waals surface area contributed by atoms with Gasteiger partial charge in [-0.25, -0.2) is 0 Å². The number of alkyl halides is 3. The van der Waals surface area contributed by atoms with Gasteiger partial charge in [0.15, 0.2) is 0 Å². The van der Waals surface area contributed by atoms with Crippen LogP contribution in [-0.2, 0) is 16.0 Å². The molecule has 110 valence electrons. The highest BCUT2D eigenvalue weighted by Crippen LogP contribution is 2.13. The number of hydrogen-bond donors (Lipinski definition) is 2. The number of halogens is 4. The van der Waals surface area contributed by atoms with E-state index in [0.717, 1.165) is 10.0 Å². The molecule has 0 aliphatic heterocycles. The molecule has 0 aliphatic rings. The predicted octanol–water partition coefficient (Wildman–Crippen LogP) is 1.79. The van der Waals surface area contributed by atoms with Crippen LogP contribution in [0.3, 0.4) is 0 Å². The summed E-state index contributed by atoms with van der Waals surface area (Å²) in [6.45, 7) is -0.332. The van der Waals surface area contributed by atoms with E-state index in [-0.39, 0.29) is 25.4 Å². The summed E-state index contributed by atoms with van der Waals surface area (Å²) in [5.74, 6) is -2.34. The van der Waals surface area contributed by atoms with Crippen molar-refractivity contribution in [3.05, 3.63) is 34.3 Å². The van der Waals surface area contributed by atoms with Gasteiger partial charge in [-0.1, -0.05) is 28.1 Å². The Morgan fingerprint density at radius 3 is 2.15 bits per heavy atom. The maximum absolute atomic E-state index is 11.9. The molecule has 1 aromatic rings. The molecule has 0 spiro atoms. The Hall–Kier alpha value is -1.57. The topological polar surface area (TPSA) is 58.2 Å². The van der Waals surface area contributed by atoms with E-state index in [0.29, 0.717) is 0 Å². The van der Waals surface area contributed by atoms with E-state index in [1.54, 1.807) is 29.6 Å².